The van der Waals surface area contributed by atoms with Gasteiger partial charge in [0.2, 0.25) is 0 Å². The molecule has 0 radical (unpaired) electrons. The normalized spacial score (nSPS) is 15.4. The summed E-state index contributed by atoms with van der Waals surface area (Å²) in [6.07, 6.45) is -11.5. The number of hydrogen-bond donors (Lipinski definition) is 1. The van der Waals surface area contributed by atoms with Crippen LogP contribution in [-0.2, 0) is 9.53 Å². The number of rotatable bonds is 7. The van der Waals surface area contributed by atoms with Crippen LogP contribution < -0.4 is 0 Å². The van der Waals surface area contributed by atoms with Gasteiger partial charge in [0.15, 0.2) is 0 Å². The molecule has 0 spiro atoms. The molecule has 0 saturated carbocycles. The van der Waals surface area contributed by atoms with E-state index in [2.05, 4.69) is 11.3 Å². The fraction of sp³-hybridized carbons (Fsp3) is 0.700. The van der Waals surface area contributed by atoms with Crippen LogP contribution in [0.5, 0.6) is 0 Å². The first-order valence-electron chi connectivity index (χ1n) is 5.27. The minimum Gasteiger partial charge on any atom is -0.460 e. The topological polar surface area (TPSA) is 46.5 Å². The third kappa shape index (κ3) is 4.05. The highest BCUT2D eigenvalue weighted by atomic mass is 19.4. The van der Waals surface area contributed by atoms with Gasteiger partial charge in [0.1, 0.15) is 6.61 Å². The molecule has 0 aliphatic rings. The zero-order chi connectivity index (χ0) is 18.0. The summed E-state index contributed by atoms with van der Waals surface area (Å²) in [6.45, 7) is 1.54. The molecule has 0 amide bonds. The number of carbonyl (C=O) groups is 1. The molecule has 1 N–H and O–H groups in total. The molecule has 0 fully saturated rings. The third-order valence-electron chi connectivity index (χ3n) is 2.29. The summed E-state index contributed by atoms with van der Waals surface area (Å²) in [7, 11) is 0. The van der Waals surface area contributed by atoms with Crippen molar-refractivity contribution in [2.24, 2.45) is 0 Å². The predicted molar refractivity (Wildman–Crippen MR) is 52.7 cm³/mol. The Morgan fingerprint density at radius 2 is 1.50 bits per heavy atom. The molecule has 3 nitrogen and oxygen atoms in total. The number of aliphatic hydroxyl groups excluding tert-OH is 1. The van der Waals surface area contributed by atoms with E-state index in [0.717, 1.165) is 0 Å². The van der Waals surface area contributed by atoms with E-state index in [1.807, 2.05) is 0 Å². The summed E-state index contributed by atoms with van der Waals surface area (Å²) in [6, 6.07) is 0. The number of alkyl halides is 9. The Kier molecular flexibility index (Phi) is 5.92. The minimum atomic E-state index is -7.03. The average molecular weight is 348 g/mol. The number of carbonyl (C=O) groups excluding carboxylic acids is 1. The van der Waals surface area contributed by atoms with Crippen molar-refractivity contribution in [3.8, 4) is 0 Å². The first kappa shape index (κ1) is 20.5. The maximum Gasteiger partial charge on any atom is 0.460 e. The van der Waals surface area contributed by atoms with Crippen LogP contribution in [0, 0.1) is 0 Å². The molecule has 0 bridgehead atoms. The lowest BCUT2D eigenvalue weighted by Gasteiger charge is -2.34. The van der Waals surface area contributed by atoms with Gasteiger partial charge in [-0.25, -0.2) is 4.79 Å². The first-order chi connectivity index (χ1) is 9.60. The van der Waals surface area contributed by atoms with Crippen molar-refractivity contribution in [2.45, 2.75) is 36.5 Å². The number of esters is 1. The van der Waals surface area contributed by atoms with Gasteiger partial charge in [-0.1, -0.05) is 6.58 Å². The Morgan fingerprint density at radius 1 is 1.05 bits per heavy atom. The fourth-order valence-electron chi connectivity index (χ4n) is 1.13. The van der Waals surface area contributed by atoms with Crippen molar-refractivity contribution < 1.29 is 54.2 Å². The Hall–Kier alpha value is -1.46. The standard InChI is InChI=1S/C10H9F9O3/c1-2-6(21)22-4-5(20)3-7(11,12)8(13,14)9(15,16)10(17,18)19/h2,5,20H,1,3-4H2/t5-/m1/s1. The fourth-order valence-corrected chi connectivity index (χ4v) is 1.13. The van der Waals surface area contributed by atoms with Crippen LogP contribution in [0.3, 0.4) is 0 Å². The molecule has 0 unspecified atom stereocenters. The monoisotopic (exact) mass is 348 g/mol. The van der Waals surface area contributed by atoms with E-state index in [-0.39, 0.29) is 0 Å². The second-order valence-electron chi connectivity index (χ2n) is 4.04. The molecule has 0 aliphatic heterocycles. The zero-order valence-electron chi connectivity index (χ0n) is 10.4. The Morgan fingerprint density at radius 3 is 1.86 bits per heavy atom. The van der Waals surface area contributed by atoms with Crippen molar-refractivity contribution in [1.82, 2.24) is 0 Å². The second-order valence-corrected chi connectivity index (χ2v) is 4.04. The van der Waals surface area contributed by atoms with Gasteiger partial charge >= 0.3 is 29.9 Å². The molecule has 130 valence electrons. The first-order valence-corrected chi connectivity index (χ1v) is 5.27. The van der Waals surface area contributed by atoms with Gasteiger partial charge in [0.05, 0.1) is 6.10 Å². The maximum atomic E-state index is 13.0. The molecule has 0 saturated heterocycles. The van der Waals surface area contributed by atoms with Crippen LogP contribution in [0.1, 0.15) is 6.42 Å². The molecule has 0 aliphatic carbocycles. The number of ether oxygens (including phenoxy) is 1. The number of hydrogen-bond acceptors (Lipinski definition) is 3. The summed E-state index contributed by atoms with van der Waals surface area (Å²) >= 11 is 0. The largest absolute Gasteiger partial charge is 0.460 e. The Labute approximate surface area is 117 Å². The van der Waals surface area contributed by atoms with Crippen molar-refractivity contribution in [3.05, 3.63) is 12.7 Å². The zero-order valence-corrected chi connectivity index (χ0v) is 10.4. The summed E-state index contributed by atoms with van der Waals surface area (Å²) in [5, 5.41) is 8.91. The van der Waals surface area contributed by atoms with Gasteiger partial charge < -0.3 is 9.84 Å². The smallest absolute Gasteiger partial charge is 0.460 e. The van der Waals surface area contributed by atoms with Crippen LogP contribution in [0.4, 0.5) is 39.5 Å². The maximum absolute atomic E-state index is 13.0. The van der Waals surface area contributed by atoms with Crippen LogP contribution in [0.15, 0.2) is 12.7 Å². The number of halogens is 9. The van der Waals surface area contributed by atoms with Crippen LogP contribution in [0.25, 0.3) is 0 Å². The molecule has 1 atom stereocenters. The molecular weight excluding hydrogens is 339 g/mol. The highest BCUT2D eigenvalue weighted by Crippen LogP contribution is 2.54. The predicted octanol–water partition coefficient (Wildman–Crippen LogP) is 2.93. The van der Waals surface area contributed by atoms with E-state index in [9.17, 15) is 44.3 Å². The quantitative estimate of drug-likeness (QED) is 0.437. The van der Waals surface area contributed by atoms with E-state index >= 15 is 0 Å². The molecule has 12 heteroatoms. The summed E-state index contributed by atoms with van der Waals surface area (Å²) in [5.41, 5.74) is 0. The molecule has 22 heavy (non-hydrogen) atoms. The lowest BCUT2D eigenvalue weighted by atomic mass is 9.98. The summed E-state index contributed by atoms with van der Waals surface area (Å²) in [4.78, 5) is 10.5. The van der Waals surface area contributed by atoms with Crippen molar-refractivity contribution in [3.63, 3.8) is 0 Å². The Bertz CT molecular complexity index is 416. The number of aliphatic hydroxyl groups is 1. The molecule has 0 aromatic rings. The third-order valence-corrected chi connectivity index (χ3v) is 2.29. The van der Waals surface area contributed by atoms with Crippen LogP contribution in [-0.4, -0.2) is 47.7 Å². The van der Waals surface area contributed by atoms with Crippen LogP contribution >= 0.6 is 0 Å². The molecular formula is C10H9F9O3. The lowest BCUT2D eigenvalue weighted by Crippen LogP contribution is -2.61. The van der Waals surface area contributed by atoms with Crippen molar-refractivity contribution in [1.29, 1.82) is 0 Å². The summed E-state index contributed by atoms with van der Waals surface area (Å²) in [5.74, 6) is -21.0. The highest BCUT2D eigenvalue weighted by Gasteiger charge is 2.81. The van der Waals surface area contributed by atoms with Crippen molar-refractivity contribution in [2.75, 3.05) is 6.61 Å². The molecule has 0 heterocycles. The molecule has 0 aromatic heterocycles. The van der Waals surface area contributed by atoms with E-state index in [0.29, 0.717) is 6.08 Å². The van der Waals surface area contributed by atoms with Gasteiger partial charge in [0.25, 0.3) is 0 Å². The van der Waals surface area contributed by atoms with E-state index in [1.165, 1.54) is 0 Å². The average Bonchev–Trinajstić information content (AvgIpc) is 2.33. The van der Waals surface area contributed by atoms with Crippen LogP contribution in [0.2, 0.25) is 0 Å². The SMILES string of the molecule is C=CC(=O)OC[C@H](O)CC(F)(F)C(F)(F)C(F)(F)C(F)(F)F. The van der Waals surface area contributed by atoms with Gasteiger partial charge in [-0.15, -0.1) is 0 Å². The van der Waals surface area contributed by atoms with Gasteiger partial charge in [-0.3, -0.25) is 0 Å². The summed E-state index contributed by atoms with van der Waals surface area (Å²) < 4.78 is 116. The Balaban J connectivity index is 5.13. The lowest BCUT2D eigenvalue weighted by molar-refractivity contribution is -0.398. The molecule has 0 aromatic carbocycles. The second kappa shape index (κ2) is 6.34. The highest BCUT2D eigenvalue weighted by molar-refractivity contribution is 5.81. The van der Waals surface area contributed by atoms with Gasteiger partial charge in [-0.05, 0) is 0 Å². The van der Waals surface area contributed by atoms with E-state index in [4.69, 9.17) is 5.11 Å². The van der Waals surface area contributed by atoms with Gasteiger partial charge in [0, 0.05) is 12.5 Å². The van der Waals surface area contributed by atoms with Crippen molar-refractivity contribution >= 4 is 5.97 Å². The van der Waals surface area contributed by atoms with Gasteiger partial charge in [-0.2, -0.15) is 39.5 Å². The molecule has 0 rings (SSSR count). The minimum absolute atomic E-state index is 0.511. The van der Waals surface area contributed by atoms with E-state index < -0.39 is 49.0 Å². The van der Waals surface area contributed by atoms with E-state index in [1.54, 1.807) is 0 Å².